The molecule has 0 saturated heterocycles. The summed E-state index contributed by atoms with van der Waals surface area (Å²) in [7, 11) is 0. The Balaban J connectivity index is 2.55. The first-order chi connectivity index (χ1) is 11.9. The Hall–Kier alpha value is -2.08. The Morgan fingerprint density at radius 2 is 1.72 bits per heavy atom. The van der Waals surface area contributed by atoms with Crippen LogP contribution in [-0.2, 0) is 9.59 Å². The molecule has 6 nitrogen and oxygen atoms in total. The summed E-state index contributed by atoms with van der Waals surface area (Å²) in [5, 5.41) is 5.51. The summed E-state index contributed by atoms with van der Waals surface area (Å²) in [6.07, 6.45) is 0. The summed E-state index contributed by atoms with van der Waals surface area (Å²) in [4.78, 5) is 25.9. The van der Waals surface area contributed by atoms with Gasteiger partial charge in [0, 0.05) is 19.2 Å². The highest BCUT2D eigenvalue weighted by atomic mass is 16.5. The van der Waals surface area contributed by atoms with Gasteiger partial charge in [0.1, 0.15) is 18.4 Å². The third-order valence-corrected chi connectivity index (χ3v) is 4.00. The first-order valence-electron chi connectivity index (χ1n) is 8.90. The van der Waals surface area contributed by atoms with E-state index >= 15 is 0 Å². The van der Waals surface area contributed by atoms with Gasteiger partial charge in [-0.25, -0.2) is 0 Å². The normalized spacial score (nSPS) is 12.1. The third kappa shape index (κ3) is 7.56. The van der Waals surface area contributed by atoms with Crippen LogP contribution in [0.2, 0.25) is 0 Å². The van der Waals surface area contributed by atoms with Gasteiger partial charge < -0.3 is 20.3 Å². The smallest absolute Gasteiger partial charge is 0.247 e. The predicted molar refractivity (Wildman–Crippen MR) is 101 cm³/mol. The lowest BCUT2D eigenvalue weighted by Gasteiger charge is -2.21. The van der Waals surface area contributed by atoms with Gasteiger partial charge in [-0.05, 0) is 43.3 Å². The van der Waals surface area contributed by atoms with E-state index in [4.69, 9.17) is 4.74 Å². The van der Waals surface area contributed by atoms with Crippen LogP contribution in [0.5, 0.6) is 5.75 Å². The minimum absolute atomic E-state index is 0.00610. The maximum Gasteiger partial charge on any atom is 0.247 e. The van der Waals surface area contributed by atoms with Crippen LogP contribution < -0.4 is 15.4 Å². The molecule has 0 bridgehead atoms. The Labute approximate surface area is 150 Å². The number of rotatable bonds is 10. The van der Waals surface area contributed by atoms with E-state index in [9.17, 15) is 9.59 Å². The van der Waals surface area contributed by atoms with Crippen LogP contribution in [-0.4, -0.2) is 49.0 Å². The van der Waals surface area contributed by atoms with Gasteiger partial charge in [0.2, 0.25) is 11.8 Å². The van der Waals surface area contributed by atoms with E-state index < -0.39 is 6.04 Å². The van der Waals surface area contributed by atoms with E-state index in [2.05, 4.69) is 29.4 Å². The number of ether oxygens (including phenoxy) is 1. The molecular formula is C19H31N3O3. The molecule has 0 radical (unpaired) electrons. The summed E-state index contributed by atoms with van der Waals surface area (Å²) in [5.74, 6) is 0.338. The van der Waals surface area contributed by atoms with Crippen molar-refractivity contribution in [1.29, 1.82) is 0 Å². The van der Waals surface area contributed by atoms with Crippen molar-refractivity contribution in [3.8, 4) is 5.75 Å². The lowest BCUT2D eigenvalue weighted by atomic mass is 10.0. The number of carbonyl (C=O) groups excluding carboxylic acids is 2. The molecule has 1 aromatic carbocycles. The number of benzene rings is 1. The standard InChI is InChI=1S/C19H31N3O3/c1-6-22(7-2)12-13-25-17-10-8-16(9-11-17)21-19(24)18(14(3)4)20-15(5)23/h8-11,14,18H,6-7,12-13H2,1-5H3,(H,20,23)(H,21,24). The number of nitrogens with zero attached hydrogens (tertiary/aromatic N) is 1. The second-order valence-corrected chi connectivity index (χ2v) is 6.31. The van der Waals surface area contributed by atoms with Crippen molar-refractivity contribution in [2.24, 2.45) is 5.92 Å². The van der Waals surface area contributed by atoms with Crippen molar-refractivity contribution in [2.45, 2.75) is 40.7 Å². The molecule has 25 heavy (non-hydrogen) atoms. The first-order valence-corrected chi connectivity index (χ1v) is 8.90. The van der Waals surface area contributed by atoms with Crippen LogP contribution in [0.25, 0.3) is 0 Å². The second kappa shape index (κ2) is 10.7. The summed E-state index contributed by atoms with van der Waals surface area (Å²) >= 11 is 0. The number of anilines is 1. The molecule has 1 rings (SSSR count). The van der Waals surface area contributed by atoms with Crippen LogP contribution in [0, 0.1) is 5.92 Å². The molecule has 6 heteroatoms. The fourth-order valence-corrected chi connectivity index (χ4v) is 2.44. The molecule has 1 atom stereocenters. The summed E-state index contributed by atoms with van der Waals surface area (Å²) in [5.41, 5.74) is 0.678. The average Bonchev–Trinajstić information content (AvgIpc) is 2.57. The van der Waals surface area contributed by atoms with Crippen molar-refractivity contribution in [2.75, 3.05) is 31.6 Å². The van der Waals surface area contributed by atoms with Crippen molar-refractivity contribution in [3.05, 3.63) is 24.3 Å². The maximum absolute atomic E-state index is 12.3. The van der Waals surface area contributed by atoms with Crippen LogP contribution in [0.15, 0.2) is 24.3 Å². The largest absolute Gasteiger partial charge is 0.492 e. The minimum atomic E-state index is -0.553. The number of carbonyl (C=O) groups is 2. The van der Waals surface area contributed by atoms with E-state index in [1.54, 1.807) is 12.1 Å². The molecule has 0 saturated carbocycles. The number of likely N-dealkylation sites (N-methyl/N-ethyl adjacent to an activating group) is 1. The zero-order valence-corrected chi connectivity index (χ0v) is 16.0. The quantitative estimate of drug-likeness (QED) is 0.681. The molecule has 0 fully saturated rings. The lowest BCUT2D eigenvalue weighted by Crippen LogP contribution is -2.46. The zero-order chi connectivity index (χ0) is 18.8. The van der Waals surface area contributed by atoms with Gasteiger partial charge in [0.05, 0.1) is 0 Å². The summed E-state index contributed by atoms with van der Waals surface area (Å²) in [6.45, 7) is 13.0. The molecule has 2 amide bonds. The highest BCUT2D eigenvalue weighted by molar-refractivity contribution is 5.97. The monoisotopic (exact) mass is 349 g/mol. The van der Waals surface area contributed by atoms with Crippen LogP contribution in [0.4, 0.5) is 5.69 Å². The van der Waals surface area contributed by atoms with Gasteiger partial charge in [0.15, 0.2) is 0 Å². The van der Waals surface area contributed by atoms with Crippen molar-refractivity contribution in [3.63, 3.8) is 0 Å². The second-order valence-electron chi connectivity index (χ2n) is 6.31. The van der Waals surface area contributed by atoms with Gasteiger partial charge in [-0.1, -0.05) is 27.7 Å². The van der Waals surface area contributed by atoms with Crippen LogP contribution in [0.3, 0.4) is 0 Å². The highest BCUT2D eigenvalue weighted by Gasteiger charge is 2.22. The Morgan fingerprint density at radius 3 is 2.20 bits per heavy atom. The molecule has 0 aliphatic heterocycles. The van der Waals surface area contributed by atoms with Gasteiger partial charge in [0.25, 0.3) is 0 Å². The first kappa shape index (κ1) is 21.0. The molecule has 0 spiro atoms. The average molecular weight is 349 g/mol. The van der Waals surface area contributed by atoms with Crippen LogP contribution >= 0.6 is 0 Å². The van der Waals surface area contributed by atoms with Gasteiger partial charge in [-0.3, -0.25) is 9.59 Å². The molecule has 2 N–H and O–H groups in total. The molecule has 0 aromatic heterocycles. The van der Waals surface area contributed by atoms with E-state index in [1.165, 1.54) is 6.92 Å². The van der Waals surface area contributed by atoms with Crippen molar-refractivity contribution in [1.82, 2.24) is 10.2 Å². The number of hydrogen-bond acceptors (Lipinski definition) is 4. The van der Waals surface area contributed by atoms with E-state index in [0.29, 0.717) is 12.3 Å². The Bertz CT molecular complexity index is 539. The van der Waals surface area contributed by atoms with Crippen LogP contribution in [0.1, 0.15) is 34.6 Å². The molecule has 140 valence electrons. The Kier molecular flexibility index (Phi) is 8.99. The van der Waals surface area contributed by atoms with Gasteiger partial charge >= 0.3 is 0 Å². The van der Waals surface area contributed by atoms with Gasteiger partial charge in [-0.15, -0.1) is 0 Å². The predicted octanol–water partition coefficient (Wildman–Crippen LogP) is 2.51. The van der Waals surface area contributed by atoms with Crippen molar-refractivity contribution >= 4 is 17.5 Å². The fraction of sp³-hybridized carbons (Fsp3) is 0.579. The number of nitrogens with one attached hydrogen (secondary N) is 2. The van der Waals surface area contributed by atoms with E-state index in [-0.39, 0.29) is 17.7 Å². The molecule has 1 unspecified atom stereocenters. The summed E-state index contributed by atoms with van der Waals surface area (Å²) < 4.78 is 5.73. The minimum Gasteiger partial charge on any atom is -0.492 e. The van der Waals surface area contributed by atoms with Gasteiger partial charge in [-0.2, -0.15) is 0 Å². The zero-order valence-electron chi connectivity index (χ0n) is 16.0. The maximum atomic E-state index is 12.3. The highest BCUT2D eigenvalue weighted by Crippen LogP contribution is 2.16. The molecule has 0 heterocycles. The lowest BCUT2D eigenvalue weighted by molar-refractivity contribution is -0.126. The summed E-state index contributed by atoms with van der Waals surface area (Å²) in [6, 6.07) is 6.72. The topological polar surface area (TPSA) is 70.7 Å². The van der Waals surface area contributed by atoms with Crippen molar-refractivity contribution < 1.29 is 14.3 Å². The van der Waals surface area contributed by atoms with E-state index in [1.807, 2.05) is 26.0 Å². The molecule has 0 aliphatic carbocycles. The molecular weight excluding hydrogens is 318 g/mol. The number of hydrogen-bond donors (Lipinski definition) is 2. The molecule has 0 aliphatic rings. The molecule has 1 aromatic rings. The third-order valence-electron chi connectivity index (χ3n) is 4.00. The Morgan fingerprint density at radius 1 is 1.12 bits per heavy atom. The van der Waals surface area contributed by atoms with E-state index in [0.717, 1.165) is 25.4 Å². The fourth-order valence-electron chi connectivity index (χ4n) is 2.44. The SMILES string of the molecule is CCN(CC)CCOc1ccc(NC(=O)C(NC(C)=O)C(C)C)cc1. The number of amides is 2.